The number of pyridine rings is 1. The monoisotopic (exact) mass is 234 g/mol. The molecule has 1 aromatic heterocycles. The van der Waals surface area contributed by atoms with E-state index < -0.39 is 5.91 Å². The van der Waals surface area contributed by atoms with Crippen LogP contribution in [0.3, 0.4) is 0 Å². The van der Waals surface area contributed by atoms with Gasteiger partial charge in [-0.15, -0.1) is 0 Å². The Morgan fingerprint density at radius 2 is 2.35 bits per heavy atom. The van der Waals surface area contributed by atoms with Crippen molar-refractivity contribution in [1.29, 1.82) is 0 Å². The highest BCUT2D eigenvalue weighted by molar-refractivity contribution is 5.92. The molecule has 0 spiro atoms. The van der Waals surface area contributed by atoms with Crippen LogP contribution in [0, 0.1) is 0 Å². The average Bonchev–Trinajstić information content (AvgIpc) is 2.78. The Bertz CT molecular complexity index is 390. The predicted octanol–water partition coefficient (Wildman–Crippen LogP) is 0.498. The summed E-state index contributed by atoms with van der Waals surface area (Å²) in [5.41, 5.74) is 11.2. The second-order valence-electron chi connectivity index (χ2n) is 4.34. The van der Waals surface area contributed by atoms with Crippen LogP contribution in [0.1, 0.15) is 29.6 Å². The fourth-order valence-electron chi connectivity index (χ4n) is 2.33. The van der Waals surface area contributed by atoms with E-state index in [0.29, 0.717) is 18.2 Å². The number of rotatable bonds is 4. The van der Waals surface area contributed by atoms with Crippen molar-refractivity contribution in [2.75, 3.05) is 18.0 Å². The van der Waals surface area contributed by atoms with Crippen molar-refractivity contribution >= 4 is 11.7 Å². The Labute approximate surface area is 101 Å². The maximum absolute atomic E-state index is 11.0. The van der Waals surface area contributed by atoms with Gasteiger partial charge in [-0.1, -0.05) is 0 Å². The summed E-state index contributed by atoms with van der Waals surface area (Å²) < 4.78 is 0. The molecule has 1 fully saturated rings. The molecule has 0 radical (unpaired) electrons. The first-order chi connectivity index (χ1) is 8.22. The first-order valence-electron chi connectivity index (χ1n) is 5.95. The fourth-order valence-corrected chi connectivity index (χ4v) is 2.33. The molecule has 5 heteroatoms. The van der Waals surface area contributed by atoms with E-state index in [1.807, 2.05) is 6.07 Å². The zero-order valence-corrected chi connectivity index (χ0v) is 9.80. The second kappa shape index (κ2) is 5.14. The van der Waals surface area contributed by atoms with E-state index in [1.165, 1.54) is 12.6 Å². The average molecular weight is 234 g/mol. The Balaban J connectivity index is 2.13. The minimum absolute atomic E-state index is 0.441. The summed E-state index contributed by atoms with van der Waals surface area (Å²) in [6.07, 6.45) is 4.86. The predicted molar refractivity (Wildman–Crippen MR) is 66.8 cm³/mol. The van der Waals surface area contributed by atoms with Gasteiger partial charge in [0.15, 0.2) is 0 Å². The number of anilines is 1. The van der Waals surface area contributed by atoms with Gasteiger partial charge in [0.25, 0.3) is 0 Å². The summed E-state index contributed by atoms with van der Waals surface area (Å²) in [6, 6.07) is 4.06. The van der Waals surface area contributed by atoms with Crippen LogP contribution in [-0.4, -0.2) is 30.0 Å². The van der Waals surface area contributed by atoms with Gasteiger partial charge in [-0.3, -0.25) is 4.79 Å². The molecule has 5 nitrogen and oxygen atoms in total. The van der Waals surface area contributed by atoms with Crippen LogP contribution < -0.4 is 16.4 Å². The van der Waals surface area contributed by atoms with Gasteiger partial charge in [0.1, 0.15) is 5.82 Å². The number of carbonyl (C=O) groups excluding carboxylic acids is 1. The number of hydrogen-bond acceptors (Lipinski definition) is 4. The quantitative estimate of drug-likeness (QED) is 0.794. The van der Waals surface area contributed by atoms with E-state index in [-0.39, 0.29) is 0 Å². The first-order valence-corrected chi connectivity index (χ1v) is 5.95. The Kier molecular flexibility index (Phi) is 3.58. The Morgan fingerprint density at radius 1 is 1.53 bits per heavy atom. The molecule has 1 unspecified atom stereocenters. The summed E-state index contributed by atoms with van der Waals surface area (Å²) in [7, 11) is 0. The lowest BCUT2D eigenvalue weighted by molar-refractivity contribution is 0.1000. The molecule has 17 heavy (non-hydrogen) atoms. The standard InChI is InChI=1S/C12H18N4O/c13-6-5-10-2-1-7-16(10)11-4-3-9(8-15-11)12(14)17/h3-4,8,10H,1-2,5-7,13H2,(H2,14,17). The third-order valence-electron chi connectivity index (χ3n) is 3.20. The zero-order valence-electron chi connectivity index (χ0n) is 9.80. The number of nitrogens with two attached hydrogens (primary N) is 2. The molecule has 1 aliphatic heterocycles. The SMILES string of the molecule is NCCC1CCCN1c1ccc(C(N)=O)cn1. The molecule has 1 aliphatic rings. The number of amides is 1. The fraction of sp³-hybridized carbons (Fsp3) is 0.500. The van der Waals surface area contributed by atoms with Crippen LogP contribution in [-0.2, 0) is 0 Å². The lowest BCUT2D eigenvalue weighted by atomic mass is 10.1. The molecule has 1 atom stereocenters. The molecule has 0 bridgehead atoms. The number of hydrogen-bond donors (Lipinski definition) is 2. The maximum Gasteiger partial charge on any atom is 0.250 e. The third kappa shape index (κ3) is 2.55. The molecule has 0 saturated carbocycles. The van der Waals surface area contributed by atoms with Crippen LogP contribution in [0.5, 0.6) is 0 Å². The summed E-state index contributed by atoms with van der Waals surface area (Å²) in [5, 5.41) is 0. The van der Waals surface area contributed by atoms with Crippen LogP contribution in [0.2, 0.25) is 0 Å². The smallest absolute Gasteiger partial charge is 0.250 e. The largest absolute Gasteiger partial charge is 0.366 e. The summed E-state index contributed by atoms with van der Waals surface area (Å²) in [6.45, 7) is 1.70. The van der Waals surface area contributed by atoms with E-state index in [2.05, 4.69) is 9.88 Å². The Hall–Kier alpha value is -1.62. The lowest BCUT2D eigenvalue weighted by Gasteiger charge is -2.25. The van der Waals surface area contributed by atoms with Crippen molar-refractivity contribution in [3.8, 4) is 0 Å². The van der Waals surface area contributed by atoms with E-state index in [0.717, 1.165) is 25.2 Å². The summed E-state index contributed by atoms with van der Waals surface area (Å²) in [4.78, 5) is 17.5. The van der Waals surface area contributed by atoms with Crippen LogP contribution in [0.25, 0.3) is 0 Å². The summed E-state index contributed by atoms with van der Waals surface area (Å²) >= 11 is 0. The highest BCUT2D eigenvalue weighted by Crippen LogP contribution is 2.25. The van der Waals surface area contributed by atoms with Gasteiger partial charge < -0.3 is 16.4 Å². The van der Waals surface area contributed by atoms with Crippen LogP contribution >= 0.6 is 0 Å². The minimum Gasteiger partial charge on any atom is -0.366 e. The van der Waals surface area contributed by atoms with Crippen molar-refractivity contribution in [3.63, 3.8) is 0 Å². The van der Waals surface area contributed by atoms with Gasteiger partial charge in [0.2, 0.25) is 5.91 Å². The summed E-state index contributed by atoms with van der Waals surface area (Å²) in [5.74, 6) is 0.468. The normalized spacial score (nSPS) is 19.6. The number of aromatic nitrogens is 1. The highest BCUT2D eigenvalue weighted by Gasteiger charge is 2.24. The van der Waals surface area contributed by atoms with Gasteiger partial charge in [0, 0.05) is 18.8 Å². The Morgan fingerprint density at radius 3 is 2.94 bits per heavy atom. The lowest BCUT2D eigenvalue weighted by Crippen LogP contribution is -2.31. The first kappa shape index (κ1) is 11.9. The molecular weight excluding hydrogens is 216 g/mol. The number of carbonyl (C=O) groups is 1. The van der Waals surface area contributed by atoms with Crippen molar-refractivity contribution in [2.24, 2.45) is 11.5 Å². The van der Waals surface area contributed by atoms with Gasteiger partial charge in [0.05, 0.1) is 5.56 Å². The highest BCUT2D eigenvalue weighted by atomic mass is 16.1. The molecule has 2 rings (SSSR count). The molecular formula is C12H18N4O. The second-order valence-corrected chi connectivity index (χ2v) is 4.34. The van der Waals surface area contributed by atoms with E-state index >= 15 is 0 Å². The third-order valence-corrected chi connectivity index (χ3v) is 3.20. The van der Waals surface area contributed by atoms with Crippen molar-refractivity contribution in [2.45, 2.75) is 25.3 Å². The topological polar surface area (TPSA) is 85.2 Å². The van der Waals surface area contributed by atoms with Gasteiger partial charge in [-0.25, -0.2) is 4.98 Å². The van der Waals surface area contributed by atoms with Gasteiger partial charge >= 0.3 is 0 Å². The van der Waals surface area contributed by atoms with Crippen molar-refractivity contribution in [1.82, 2.24) is 4.98 Å². The molecule has 1 amide bonds. The van der Waals surface area contributed by atoms with Crippen molar-refractivity contribution in [3.05, 3.63) is 23.9 Å². The van der Waals surface area contributed by atoms with Gasteiger partial charge in [-0.2, -0.15) is 0 Å². The molecule has 2 heterocycles. The molecule has 1 aromatic rings. The van der Waals surface area contributed by atoms with Crippen molar-refractivity contribution < 1.29 is 4.79 Å². The van der Waals surface area contributed by atoms with E-state index in [4.69, 9.17) is 11.5 Å². The molecule has 0 aliphatic carbocycles. The number of nitrogens with zero attached hydrogens (tertiary/aromatic N) is 2. The van der Waals surface area contributed by atoms with Crippen LogP contribution in [0.4, 0.5) is 5.82 Å². The molecule has 92 valence electrons. The minimum atomic E-state index is -0.441. The maximum atomic E-state index is 11.0. The molecule has 0 aromatic carbocycles. The van der Waals surface area contributed by atoms with Gasteiger partial charge in [-0.05, 0) is 37.9 Å². The number of primary amides is 1. The van der Waals surface area contributed by atoms with E-state index in [9.17, 15) is 4.79 Å². The van der Waals surface area contributed by atoms with Crippen LogP contribution in [0.15, 0.2) is 18.3 Å². The van der Waals surface area contributed by atoms with E-state index in [1.54, 1.807) is 6.07 Å². The molecule has 4 N–H and O–H groups in total. The zero-order chi connectivity index (χ0) is 12.3. The molecule has 1 saturated heterocycles.